The lowest BCUT2D eigenvalue weighted by Crippen LogP contribution is -2.30. The third-order valence-corrected chi connectivity index (χ3v) is 3.82. The number of hydrogen-bond donors (Lipinski definition) is 1. The van der Waals surface area contributed by atoms with Crippen LogP contribution in [0.3, 0.4) is 0 Å². The van der Waals surface area contributed by atoms with Crippen molar-refractivity contribution in [3.63, 3.8) is 0 Å². The van der Waals surface area contributed by atoms with Gasteiger partial charge in [-0.25, -0.2) is 0 Å². The number of carbonyl (C=O) groups is 1. The van der Waals surface area contributed by atoms with E-state index < -0.39 is 0 Å². The number of thiophene rings is 1. The van der Waals surface area contributed by atoms with Crippen LogP contribution in [0.15, 0.2) is 18.5 Å². The van der Waals surface area contributed by atoms with Gasteiger partial charge in [-0.2, -0.15) is 0 Å². The Morgan fingerprint density at radius 2 is 2.44 bits per heavy atom. The average Bonchev–Trinajstić information content (AvgIpc) is 2.73. The van der Waals surface area contributed by atoms with E-state index in [0.717, 1.165) is 10.1 Å². The van der Waals surface area contributed by atoms with Gasteiger partial charge in [-0.3, -0.25) is 9.78 Å². The molecule has 0 saturated heterocycles. The van der Waals surface area contributed by atoms with Crippen LogP contribution >= 0.6 is 11.3 Å². The van der Waals surface area contributed by atoms with Crippen molar-refractivity contribution in [3.8, 4) is 12.3 Å². The second-order valence-electron chi connectivity index (χ2n) is 3.74. The van der Waals surface area contributed by atoms with Gasteiger partial charge in [0.2, 0.25) is 0 Å². The number of hydrogen-bond acceptors (Lipinski definition) is 4. The molecule has 5 heteroatoms. The highest BCUT2D eigenvalue weighted by Crippen LogP contribution is 2.33. The summed E-state index contributed by atoms with van der Waals surface area (Å²) in [5, 5.41) is 0.870. The highest BCUT2D eigenvalue weighted by atomic mass is 32.1. The molecule has 2 N–H and O–H groups in total. The van der Waals surface area contributed by atoms with E-state index in [1.165, 1.54) is 11.3 Å². The molecule has 0 aliphatic carbocycles. The fourth-order valence-electron chi connectivity index (χ4n) is 1.71. The molecule has 0 bridgehead atoms. The molecular weight excluding hydrogens is 246 g/mol. The Kier molecular flexibility index (Phi) is 3.49. The van der Waals surface area contributed by atoms with E-state index in [0.29, 0.717) is 23.7 Å². The van der Waals surface area contributed by atoms with Gasteiger partial charge in [0.05, 0.1) is 16.9 Å². The first-order valence-corrected chi connectivity index (χ1v) is 6.35. The smallest absolute Gasteiger partial charge is 0.266 e. The molecule has 0 aliphatic rings. The first kappa shape index (κ1) is 12.4. The van der Waals surface area contributed by atoms with Crippen LogP contribution in [0.4, 0.5) is 5.69 Å². The van der Waals surface area contributed by atoms with E-state index in [9.17, 15) is 4.79 Å². The number of pyridine rings is 1. The van der Waals surface area contributed by atoms with Crippen molar-refractivity contribution >= 4 is 33.0 Å². The molecule has 18 heavy (non-hydrogen) atoms. The highest BCUT2D eigenvalue weighted by Gasteiger charge is 2.20. The molecule has 0 fully saturated rings. The molecule has 0 atom stereocenters. The molecule has 1 amide bonds. The molecule has 0 radical (unpaired) electrons. The molecule has 0 saturated carbocycles. The van der Waals surface area contributed by atoms with Gasteiger partial charge in [0.25, 0.3) is 5.91 Å². The second kappa shape index (κ2) is 5.07. The molecule has 2 heterocycles. The van der Waals surface area contributed by atoms with Crippen molar-refractivity contribution in [2.45, 2.75) is 6.92 Å². The summed E-state index contributed by atoms with van der Waals surface area (Å²) in [6.07, 6.45) is 8.63. The van der Waals surface area contributed by atoms with Crippen LogP contribution in [0.2, 0.25) is 0 Å². The van der Waals surface area contributed by atoms with Crippen molar-refractivity contribution in [2.24, 2.45) is 0 Å². The van der Waals surface area contributed by atoms with Gasteiger partial charge in [-0.15, -0.1) is 17.8 Å². The molecule has 0 spiro atoms. The normalized spacial score (nSPS) is 10.2. The maximum atomic E-state index is 12.3. The summed E-state index contributed by atoms with van der Waals surface area (Å²) in [6, 6.07) is 1.81. The Morgan fingerprint density at radius 1 is 1.67 bits per heavy atom. The topological polar surface area (TPSA) is 59.2 Å². The van der Waals surface area contributed by atoms with E-state index in [1.807, 2.05) is 13.0 Å². The van der Waals surface area contributed by atoms with Gasteiger partial charge in [0.1, 0.15) is 4.88 Å². The van der Waals surface area contributed by atoms with E-state index >= 15 is 0 Å². The number of amides is 1. The van der Waals surface area contributed by atoms with Crippen LogP contribution in [0.25, 0.3) is 10.1 Å². The lowest BCUT2D eigenvalue weighted by atomic mass is 10.2. The van der Waals surface area contributed by atoms with Gasteiger partial charge in [0.15, 0.2) is 0 Å². The van der Waals surface area contributed by atoms with Gasteiger partial charge < -0.3 is 10.6 Å². The van der Waals surface area contributed by atoms with Gasteiger partial charge in [-0.05, 0) is 13.0 Å². The van der Waals surface area contributed by atoms with Crippen LogP contribution < -0.4 is 5.73 Å². The Morgan fingerprint density at radius 3 is 3.06 bits per heavy atom. The zero-order chi connectivity index (χ0) is 13.1. The van der Waals surface area contributed by atoms with Crippen molar-refractivity contribution in [1.29, 1.82) is 0 Å². The zero-order valence-electron chi connectivity index (χ0n) is 10.0. The lowest BCUT2D eigenvalue weighted by Gasteiger charge is -2.17. The van der Waals surface area contributed by atoms with Crippen LogP contribution in [0.1, 0.15) is 16.6 Å². The highest BCUT2D eigenvalue weighted by molar-refractivity contribution is 7.21. The van der Waals surface area contributed by atoms with Gasteiger partial charge >= 0.3 is 0 Å². The molecule has 2 rings (SSSR count). The summed E-state index contributed by atoms with van der Waals surface area (Å²) >= 11 is 1.35. The minimum Gasteiger partial charge on any atom is -0.397 e. The van der Waals surface area contributed by atoms with E-state index in [2.05, 4.69) is 10.9 Å². The molecule has 92 valence electrons. The van der Waals surface area contributed by atoms with Crippen LogP contribution in [0.5, 0.6) is 0 Å². The Bertz CT molecular complexity index is 627. The summed E-state index contributed by atoms with van der Waals surface area (Å²) in [5.41, 5.74) is 6.52. The predicted molar refractivity (Wildman–Crippen MR) is 74.4 cm³/mol. The van der Waals surface area contributed by atoms with E-state index in [-0.39, 0.29) is 5.91 Å². The van der Waals surface area contributed by atoms with Crippen molar-refractivity contribution in [3.05, 3.63) is 23.3 Å². The van der Waals surface area contributed by atoms with Gasteiger partial charge in [0, 0.05) is 24.3 Å². The summed E-state index contributed by atoms with van der Waals surface area (Å²) in [6.45, 7) is 2.75. The Balaban J connectivity index is 2.45. The monoisotopic (exact) mass is 259 g/mol. The predicted octanol–water partition coefficient (Wildman–Crippen LogP) is 1.97. The zero-order valence-corrected chi connectivity index (χ0v) is 10.8. The maximum absolute atomic E-state index is 12.3. The van der Waals surface area contributed by atoms with E-state index in [4.69, 9.17) is 12.2 Å². The van der Waals surface area contributed by atoms with Crippen molar-refractivity contribution in [1.82, 2.24) is 9.88 Å². The standard InChI is InChI=1S/C13H13N3OS/c1-3-7-16(4-2)13(17)12-11(14)9-5-6-15-8-10(9)18-12/h1,5-6,8H,4,7,14H2,2H3. The second-order valence-corrected chi connectivity index (χ2v) is 4.79. The number of nitrogens with zero attached hydrogens (tertiary/aromatic N) is 2. The molecule has 0 aromatic carbocycles. The number of rotatable bonds is 3. The van der Waals surface area contributed by atoms with Crippen LogP contribution in [-0.2, 0) is 0 Å². The SMILES string of the molecule is C#CCN(CC)C(=O)c1sc2cnccc2c1N. The van der Waals surface area contributed by atoms with E-state index in [1.54, 1.807) is 17.3 Å². The summed E-state index contributed by atoms with van der Waals surface area (Å²) in [5.74, 6) is 2.36. The third-order valence-electron chi connectivity index (χ3n) is 2.68. The fourth-order valence-corrected chi connectivity index (χ4v) is 2.77. The number of carbonyl (C=O) groups excluding carboxylic acids is 1. The lowest BCUT2D eigenvalue weighted by molar-refractivity contribution is 0.0790. The van der Waals surface area contributed by atoms with Crippen LogP contribution in [0, 0.1) is 12.3 Å². The number of nitrogens with two attached hydrogens (primary N) is 1. The summed E-state index contributed by atoms with van der Waals surface area (Å²) < 4.78 is 0.912. The fraction of sp³-hybridized carbons (Fsp3) is 0.231. The largest absolute Gasteiger partial charge is 0.397 e. The average molecular weight is 259 g/mol. The quantitative estimate of drug-likeness (QED) is 0.857. The number of aromatic nitrogens is 1. The molecule has 0 aliphatic heterocycles. The van der Waals surface area contributed by atoms with Crippen LogP contribution in [-0.4, -0.2) is 28.9 Å². The first-order valence-electron chi connectivity index (χ1n) is 5.53. The number of terminal acetylenes is 1. The molecule has 4 nitrogen and oxygen atoms in total. The van der Waals surface area contributed by atoms with Gasteiger partial charge in [-0.1, -0.05) is 5.92 Å². The minimum absolute atomic E-state index is 0.117. The first-order chi connectivity index (χ1) is 8.69. The summed E-state index contributed by atoms with van der Waals surface area (Å²) in [7, 11) is 0. The Hall–Kier alpha value is -2.06. The third kappa shape index (κ3) is 2.03. The van der Waals surface area contributed by atoms with Crippen molar-refractivity contribution < 1.29 is 4.79 Å². The molecule has 2 aromatic rings. The number of nitrogen functional groups attached to an aromatic ring is 1. The molecule has 2 aromatic heterocycles. The number of anilines is 1. The summed E-state index contributed by atoms with van der Waals surface area (Å²) in [4.78, 5) is 18.5. The van der Waals surface area contributed by atoms with Crippen molar-refractivity contribution in [2.75, 3.05) is 18.8 Å². The molecule has 0 unspecified atom stereocenters. The maximum Gasteiger partial charge on any atom is 0.266 e. The Labute approximate surface area is 109 Å². The molecular formula is C13H13N3OS. The number of fused-ring (bicyclic) bond motifs is 1. The minimum atomic E-state index is -0.117.